The van der Waals surface area contributed by atoms with E-state index in [9.17, 15) is 28.8 Å². The van der Waals surface area contributed by atoms with Crippen molar-refractivity contribution in [2.75, 3.05) is 40.4 Å². The van der Waals surface area contributed by atoms with Crippen LogP contribution in [0.3, 0.4) is 0 Å². The second-order valence-electron chi connectivity index (χ2n) is 7.32. The molecule has 2 unspecified atom stereocenters. The van der Waals surface area contributed by atoms with Gasteiger partial charge in [-0.2, -0.15) is 0 Å². The molecule has 0 fully saturated rings. The van der Waals surface area contributed by atoms with Crippen molar-refractivity contribution in [3.63, 3.8) is 0 Å². The van der Waals surface area contributed by atoms with Crippen LogP contribution in [0.2, 0.25) is 0 Å². The van der Waals surface area contributed by atoms with Crippen LogP contribution in [0.25, 0.3) is 0 Å². The lowest BCUT2D eigenvalue weighted by Gasteiger charge is -2.20. The predicted molar refractivity (Wildman–Crippen MR) is 118 cm³/mol. The Morgan fingerprint density at radius 3 is 1.29 bits per heavy atom. The summed E-state index contributed by atoms with van der Waals surface area (Å²) in [5.41, 5.74) is 0. The number of hydrogen-bond donors (Lipinski definition) is 0. The maximum absolute atomic E-state index is 12.2. The van der Waals surface area contributed by atoms with E-state index in [2.05, 4.69) is 0 Å². The summed E-state index contributed by atoms with van der Waals surface area (Å²) in [6.07, 6.45) is 0.319. The van der Waals surface area contributed by atoms with Gasteiger partial charge in [-0.3, -0.25) is 19.2 Å². The molecule has 0 heterocycles. The highest BCUT2D eigenvalue weighted by Gasteiger charge is 2.24. The monoisotopic (exact) mass is 486 g/mol. The minimum absolute atomic E-state index is 0.234. The molecule has 0 radical (unpaired) electrons. The summed E-state index contributed by atoms with van der Waals surface area (Å²) in [4.78, 5) is 73.4. The molecule has 0 bridgehead atoms. The van der Waals surface area contributed by atoms with Crippen LogP contribution < -0.4 is 0 Å². The minimum atomic E-state index is -1.22. The minimum Gasteiger partial charge on any atom is -0.464 e. The molecular weight excluding hydrogens is 452 g/mol. The average Bonchev–Trinajstić information content (AvgIpc) is 2.78. The molecule has 0 aliphatic carbocycles. The van der Waals surface area contributed by atoms with Gasteiger partial charge in [-0.15, -0.1) is 0 Å². The molecule has 2 amide bonds. The van der Waals surface area contributed by atoms with Gasteiger partial charge in [0.05, 0.1) is 13.2 Å². The number of nitrogens with zero attached hydrogens (tertiary/aromatic N) is 2. The molecule has 12 heteroatoms. The summed E-state index contributed by atoms with van der Waals surface area (Å²) in [5, 5.41) is 0. The summed E-state index contributed by atoms with van der Waals surface area (Å²) < 4.78 is 19.6. The number of likely N-dealkylation sites (N-methyl/N-ethyl adjacent to an activating group) is 2. The third-order valence-corrected chi connectivity index (χ3v) is 4.06. The van der Waals surface area contributed by atoms with Gasteiger partial charge in [0.15, 0.2) is 12.2 Å². The fraction of sp³-hybridized carbons (Fsp3) is 0.636. The number of esters is 4. The van der Waals surface area contributed by atoms with Crippen molar-refractivity contribution >= 4 is 35.7 Å². The first kappa shape index (κ1) is 30.6. The van der Waals surface area contributed by atoms with Crippen molar-refractivity contribution < 1.29 is 47.7 Å². The van der Waals surface area contributed by atoms with E-state index in [1.165, 1.54) is 27.9 Å². The van der Waals surface area contributed by atoms with E-state index >= 15 is 0 Å². The number of hydrogen-bond acceptors (Lipinski definition) is 10. The van der Waals surface area contributed by atoms with Gasteiger partial charge in [0.1, 0.15) is 13.1 Å². The van der Waals surface area contributed by atoms with Gasteiger partial charge in [0, 0.05) is 26.2 Å². The molecule has 0 saturated heterocycles. The number of ether oxygens (including phenoxy) is 4. The van der Waals surface area contributed by atoms with Crippen LogP contribution in [0.5, 0.6) is 0 Å². The molecule has 0 aromatic carbocycles. The third kappa shape index (κ3) is 12.6. The first-order chi connectivity index (χ1) is 15.9. The van der Waals surface area contributed by atoms with E-state index in [0.717, 1.165) is 22.0 Å². The largest absolute Gasteiger partial charge is 0.464 e. The van der Waals surface area contributed by atoms with Crippen LogP contribution in [0.1, 0.15) is 40.5 Å². The molecule has 0 saturated carbocycles. The van der Waals surface area contributed by atoms with Gasteiger partial charge in [0.2, 0.25) is 0 Å². The summed E-state index contributed by atoms with van der Waals surface area (Å²) in [5.74, 6) is -4.48. The highest BCUT2D eigenvalue weighted by atomic mass is 16.6. The van der Waals surface area contributed by atoms with E-state index < -0.39 is 47.9 Å². The Morgan fingerprint density at radius 2 is 1.00 bits per heavy atom. The lowest BCUT2D eigenvalue weighted by molar-refractivity contribution is -0.158. The fourth-order valence-electron chi connectivity index (χ4n) is 2.35. The van der Waals surface area contributed by atoms with Gasteiger partial charge < -0.3 is 28.7 Å². The lowest BCUT2D eigenvalue weighted by atomic mass is 10.3. The Hall–Kier alpha value is -3.44. The SMILES string of the molecule is CCCOC(=O)CN(C)C(=O)C(C)OC(=O)/C=C/C(=O)OC(C)C(=O)N(C)CC(=O)OCCC. The van der Waals surface area contributed by atoms with Gasteiger partial charge in [-0.1, -0.05) is 13.8 Å². The Bertz CT molecular complexity index is 703. The number of amides is 2. The zero-order valence-electron chi connectivity index (χ0n) is 20.5. The Kier molecular flexibility index (Phi) is 14.6. The first-order valence-corrected chi connectivity index (χ1v) is 10.8. The van der Waals surface area contributed by atoms with Crippen LogP contribution in [0.4, 0.5) is 0 Å². The van der Waals surface area contributed by atoms with E-state index in [4.69, 9.17) is 18.9 Å². The predicted octanol–water partition coefficient (Wildman–Crippen LogP) is 0.229. The van der Waals surface area contributed by atoms with Crippen molar-refractivity contribution in [1.82, 2.24) is 9.80 Å². The van der Waals surface area contributed by atoms with E-state index in [0.29, 0.717) is 12.8 Å². The average molecular weight is 487 g/mol. The first-order valence-electron chi connectivity index (χ1n) is 10.8. The van der Waals surface area contributed by atoms with Gasteiger partial charge >= 0.3 is 23.9 Å². The number of rotatable bonds is 14. The molecule has 0 aromatic heterocycles. The Morgan fingerprint density at radius 1 is 0.676 bits per heavy atom. The standard InChI is InChI=1S/C22H34N2O10/c1-7-11-31-19(27)13-23(5)21(29)15(3)33-17(25)9-10-18(26)34-16(4)22(30)24(6)14-20(28)32-12-8-2/h9-10,15-16H,7-8,11-14H2,1-6H3/b10-9+. The van der Waals surface area contributed by atoms with E-state index in [1.807, 2.05) is 13.8 Å². The van der Waals surface area contributed by atoms with Gasteiger partial charge in [-0.25, -0.2) is 9.59 Å². The van der Waals surface area contributed by atoms with Crippen LogP contribution in [-0.4, -0.2) is 98.1 Å². The Labute approximate surface area is 199 Å². The quantitative estimate of drug-likeness (QED) is 0.190. The number of carbonyl (C=O) groups is 6. The van der Waals surface area contributed by atoms with E-state index in [-0.39, 0.29) is 26.3 Å². The maximum atomic E-state index is 12.2. The zero-order valence-corrected chi connectivity index (χ0v) is 20.5. The molecule has 0 aliphatic rings. The van der Waals surface area contributed by atoms with Gasteiger partial charge in [0.25, 0.3) is 11.8 Å². The van der Waals surface area contributed by atoms with Crippen LogP contribution in [-0.2, 0) is 47.7 Å². The fourth-order valence-corrected chi connectivity index (χ4v) is 2.35. The smallest absolute Gasteiger partial charge is 0.331 e. The molecule has 34 heavy (non-hydrogen) atoms. The summed E-state index contributed by atoms with van der Waals surface area (Å²) in [6.45, 7) is 6.13. The molecule has 0 spiro atoms. The molecule has 0 N–H and O–H groups in total. The van der Waals surface area contributed by atoms with Crippen molar-refractivity contribution in [3.05, 3.63) is 12.2 Å². The topological polar surface area (TPSA) is 146 Å². The normalized spacial score (nSPS) is 12.3. The maximum Gasteiger partial charge on any atom is 0.331 e. The molecule has 192 valence electrons. The van der Waals surface area contributed by atoms with Crippen molar-refractivity contribution in [1.29, 1.82) is 0 Å². The molecule has 0 rings (SSSR count). The Balaban J connectivity index is 4.58. The van der Waals surface area contributed by atoms with Crippen molar-refractivity contribution in [2.24, 2.45) is 0 Å². The molecular formula is C22H34N2O10. The molecule has 12 nitrogen and oxygen atoms in total. The highest BCUT2D eigenvalue weighted by molar-refractivity contribution is 5.94. The molecule has 2 atom stereocenters. The van der Waals surface area contributed by atoms with Crippen LogP contribution in [0.15, 0.2) is 12.2 Å². The summed E-state index contributed by atoms with van der Waals surface area (Å²) in [7, 11) is 2.71. The van der Waals surface area contributed by atoms with Crippen molar-refractivity contribution in [2.45, 2.75) is 52.7 Å². The van der Waals surface area contributed by atoms with Gasteiger partial charge in [-0.05, 0) is 26.7 Å². The lowest BCUT2D eigenvalue weighted by Crippen LogP contribution is -2.40. The molecule has 0 aromatic rings. The van der Waals surface area contributed by atoms with Crippen molar-refractivity contribution in [3.8, 4) is 0 Å². The second-order valence-corrected chi connectivity index (χ2v) is 7.32. The number of carbonyl (C=O) groups excluding carboxylic acids is 6. The third-order valence-electron chi connectivity index (χ3n) is 4.06. The highest BCUT2D eigenvalue weighted by Crippen LogP contribution is 2.02. The van der Waals surface area contributed by atoms with E-state index in [1.54, 1.807) is 0 Å². The summed E-state index contributed by atoms with van der Waals surface area (Å²) >= 11 is 0. The van der Waals surface area contributed by atoms with Crippen LogP contribution >= 0.6 is 0 Å². The molecule has 0 aliphatic heterocycles. The zero-order chi connectivity index (χ0) is 26.3. The second kappa shape index (κ2) is 16.2. The van der Waals surface area contributed by atoms with Crippen LogP contribution in [0, 0.1) is 0 Å². The summed E-state index contributed by atoms with van der Waals surface area (Å²) in [6, 6.07) is 0.